The maximum atomic E-state index is 12.5. The van der Waals surface area contributed by atoms with E-state index >= 15 is 0 Å². The third kappa shape index (κ3) is 5.85. The van der Waals surface area contributed by atoms with Crippen molar-refractivity contribution in [1.29, 1.82) is 0 Å². The van der Waals surface area contributed by atoms with Crippen LogP contribution in [0.1, 0.15) is 15.9 Å². The molecule has 25 heavy (non-hydrogen) atoms. The highest BCUT2D eigenvalue weighted by Crippen LogP contribution is 2.17. The zero-order chi connectivity index (χ0) is 17.6. The molecule has 0 aliphatic heterocycles. The fourth-order valence-corrected chi connectivity index (χ4v) is 3.68. The molecule has 0 heterocycles. The number of hydrogen-bond acceptors (Lipinski definition) is 4. The number of nitrogens with zero attached hydrogens (tertiary/aromatic N) is 1. The maximum Gasteiger partial charge on any atom is 0.253 e. The van der Waals surface area contributed by atoms with Crippen LogP contribution < -0.4 is 5.32 Å². The quantitative estimate of drug-likeness (QED) is 0.798. The topological polar surface area (TPSA) is 66.5 Å². The van der Waals surface area contributed by atoms with Gasteiger partial charge in [-0.2, -0.15) is 0 Å². The Labute approximate surface area is 155 Å². The number of hydrogen-bond donors (Lipinski definition) is 1. The standard InChI is InChI=1S/C18H22N2O3S.ClH/c1-19-11-12-20(2)18(21)16-8-6-7-15(13-16)14-24(22,23)17-9-4-3-5-10-17;/h3-10,13,19H,11-12,14H2,1-2H3;1H. The average molecular weight is 383 g/mol. The summed E-state index contributed by atoms with van der Waals surface area (Å²) < 4.78 is 24.9. The van der Waals surface area contributed by atoms with E-state index in [4.69, 9.17) is 0 Å². The molecule has 0 spiro atoms. The molecule has 0 radical (unpaired) electrons. The van der Waals surface area contributed by atoms with Crippen LogP contribution >= 0.6 is 12.4 Å². The summed E-state index contributed by atoms with van der Waals surface area (Å²) in [6.07, 6.45) is 0. The van der Waals surface area contributed by atoms with Gasteiger partial charge in [-0.05, 0) is 36.9 Å². The van der Waals surface area contributed by atoms with Gasteiger partial charge in [0.05, 0.1) is 10.6 Å². The van der Waals surface area contributed by atoms with Crippen LogP contribution in [-0.4, -0.2) is 46.4 Å². The summed E-state index contributed by atoms with van der Waals surface area (Å²) in [5.74, 6) is -0.248. The van der Waals surface area contributed by atoms with E-state index in [1.54, 1.807) is 66.5 Å². The summed E-state index contributed by atoms with van der Waals surface area (Å²) in [4.78, 5) is 14.3. The van der Waals surface area contributed by atoms with E-state index in [0.717, 1.165) is 0 Å². The third-order valence-electron chi connectivity index (χ3n) is 3.68. The van der Waals surface area contributed by atoms with Crippen LogP contribution in [0.3, 0.4) is 0 Å². The van der Waals surface area contributed by atoms with E-state index in [2.05, 4.69) is 5.32 Å². The van der Waals surface area contributed by atoms with Gasteiger partial charge >= 0.3 is 0 Å². The van der Waals surface area contributed by atoms with Crippen LogP contribution in [0.4, 0.5) is 0 Å². The molecule has 1 N–H and O–H groups in total. The van der Waals surface area contributed by atoms with Crippen LogP contribution in [0.25, 0.3) is 0 Å². The van der Waals surface area contributed by atoms with Crippen molar-refractivity contribution in [2.24, 2.45) is 0 Å². The van der Waals surface area contributed by atoms with Crippen molar-refractivity contribution in [3.05, 3.63) is 65.7 Å². The van der Waals surface area contributed by atoms with Gasteiger partial charge < -0.3 is 10.2 Å². The Bertz CT molecular complexity index is 795. The van der Waals surface area contributed by atoms with Crippen molar-refractivity contribution in [1.82, 2.24) is 10.2 Å². The molecule has 5 nitrogen and oxygen atoms in total. The first kappa shape index (κ1) is 21.2. The van der Waals surface area contributed by atoms with Gasteiger partial charge in [-0.25, -0.2) is 8.42 Å². The van der Waals surface area contributed by atoms with E-state index in [1.165, 1.54) is 0 Å². The van der Waals surface area contributed by atoms with Crippen LogP contribution in [-0.2, 0) is 15.6 Å². The first-order chi connectivity index (χ1) is 11.4. The van der Waals surface area contributed by atoms with Crippen LogP contribution in [0.5, 0.6) is 0 Å². The highest BCUT2D eigenvalue weighted by Gasteiger charge is 2.17. The predicted molar refractivity (Wildman–Crippen MR) is 102 cm³/mol. The Balaban J connectivity index is 0.00000312. The zero-order valence-corrected chi connectivity index (χ0v) is 15.9. The molecule has 0 saturated carbocycles. The van der Waals surface area contributed by atoms with Gasteiger partial charge in [0.15, 0.2) is 9.84 Å². The fourth-order valence-electron chi connectivity index (χ4n) is 2.33. The Morgan fingerprint density at radius 3 is 2.40 bits per heavy atom. The molecule has 0 saturated heterocycles. The monoisotopic (exact) mass is 382 g/mol. The Hall–Kier alpha value is -1.89. The normalized spacial score (nSPS) is 10.8. The molecule has 2 aromatic rings. The molecule has 0 atom stereocenters. The SMILES string of the molecule is CNCCN(C)C(=O)c1cccc(CS(=O)(=O)c2ccccc2)c1.Cl. The molecule has 1 amide bonds. The predicted octanol–water partition coefficient (Wildman–Crippen LogP) is 2.37. The van der Waals surface area contributed by atoms with E-state index in [9.17, 15) is 13.2 Å². The molecule has 7 heteroatoms. The zero-order valence-electron chi connectivity index (χ0n) is 14.3. The first-order valence-corrected chi connectivity index (χ1v) is 9.36. The number of sulfone groups is 1. The molecule has 136 valence electrons. The van der Waals surface area contributed by atoms with Crippen LogP contribution in [0, 0.1) is 0 Å². The molecule has 0 fully saturated rings. The van der Waals surface area contributed by atoms with E-state index in [1.807, 2.05) is 7.05 Å². The summed E-state index contributed by atoms with van der Waals surface area (Å²) in [6, 6.07) is 15.1. The van der Waals surface area contributed by atoms with Crippen molar-refractivity contribution in [2.75, 3.05) is 27.2 Å². The van der Waals surface area contributed by atoms with Crippen molar-refractivity contribution in [3.8, 4) is 0 Å². The number of rotatable bonds is 7. The van der Waals surface area contributed by atoms with Gasteiger partial charge in [0.25, 0.3) is 5.91 Å². The van der Waals surface area contributed by atoms with Gasteiger partial charge in [0.1, 0.15) is 0 Å². The highest BCUT2D eigenvalue weighted by atomic mass is 35.5. The molecule has 0 aromatic heterocycles. The Morgan fingerprint density at radius 1 is 1.08 bits per heavy atom. The summed E-state index contributed by atoms with van der Waals surface area (Å²) in [7, 11) is 0.131. The second kappa shape index (κ2) is 9.56. The number of carbonyl (C=O) groups excluding carboxylic acids is 1. The van der Waals surface area contributed by atoms with E-state index in [0.29, 0.717) is 24.2 Å². The average Bonchev–Trinajstić information content (AvgIpc) is 2.59. The minimum atomic E-state index is -3.43. The van der Waals surface area contributed by atoms with Gasteiger partial charge in [-0.3, -0.25) is 4.79 Å². The van der Waals surface area contributed by atoms with E-state index < -0.39 is 9.84 Å². The van der Waals surface area contributed by atoms with Crippen molar-refractivity contribution in [3.63, 3.8) is 0 Å². The molecule has 0 aliphatic rings. The number of carbonyl (C=O) groups is 1. The minimum Gasteiger partial charge on any atom is -0.340 e. The summed E-state index contributed by atoms with van der Waals surface area (Å²) >= 11 is 0. The highest BCUT2D eigenvalue weighted by molar-refractivity contribution is 7.90. The molecule has 0 bridgehead atoms. The van der Waals surface area contributed by atoms with Gasteiger partial charge in [0, 0.05) is 25.7 Å². The number of nitrogens with one attached hydrogen (secondary N) is 1. The van der Waals surface area contributed by atoms with Crippen LogP contribution in [0.15, 0.2) is 59.5 Å². The summed E-state index contributed by atoms with van der Waals surface area (Å²) in [5, 5.41) is 2.99. The van der Waals surface area contributed by atoms with Crippen molar-refractivity contribution < 1.29 is 13.2 Å². The number of amides is 1. The van der Waals surface area contributed by atoms with E-state index in [-0.39, 0.29) is 29.0 Å². The first-order valence-electron chi connectivity index (χ1n) is 7.71. The molecule has 0 unspecified atom stereocenters. The van der Waals surface area contributed by atoms with Crippen molar-refractivity contribution >= 4 is 28.2 Å². The maximum absolute atomic E-state index is 12.5. The summed E-state index contributed by atoms with van der Waals surface area (Å²) in [6.45, 7) is 1.28. The lowest BCUT2D eigenvalue weighted by Crippen LogP contribution is -2.32. The number of halogens is 1. The fraction of sp³-hybridized carbons (Fsp3) is 0.278. The molecular weight excluding hydrogens is 360 g/mol. The molecular formula is C18H23ClN2O3S. The molecule has 2 rings (SSSR count). The van der Waals surface area contributed by atoms with Gasteiger partial charge in [-0.15, -0.1) is 12.4 Å². The third-order valence-corrected chi connectivity index (χ3v) is 5.38. The minimum absolute atomic E-state index is 0. The number of likely N-dealkylation sites (N-methyl/N-ethyl adjacent to an activating group) is 2. The van der Waals surface area contributed by atoms with Gasteiger partial charge in [-0.1, -0.05) is 30.3 Å². The number of benzene rings is 2. The van der Waals surface area contributed by atoms with Crippen molar-refractivity contribution in [2.45, 2.75) is 10.6 Å². The Kier molecular flexibility index (Phi) is 8.09. The molecule has 2 aromatic carbocycles. The lowest BCUT2D eigenvalue weighted by atomic mass is 10.1. The smallest absolute Gasteiger partial charge is 0.253 e. The lowest BCUT2D eigenvalue weighted by Gasteiger charge is -2.17. The van der Waals surface area contributed by atoms with Crippen LogP contribution in [0.2, 0.25) is 0 Å². The second-order valence-corrected chi connectivity index (χ2v) is 7.59. The Morgan fingerprint density at radius 2 is 1.76 bits per heavy atom. The molecule has 0 aliphatic carbocycles. The largest absolute Gasteiger partial charge is 0.340 e. The lowest BCUT2D eigenvalue weighted by molar-refractivity contribution is 0.0796. The van der Waals surface area contributed by atoms with Gasteiger partial charge in [0.2, 0.25) is 0 Å². The summed E-state index contributed by atoms with van der Waals surface area (Å²) in [5.41, 5.74) is 1.10. The second-order valence-electron chi connectivity index (χ2n) is 5.60.